The molecule has 0 saturated carbocycles. The first kappa shape index (κ1) is 9.19. The van der Waals surface area contributed by atoms with Crippen molar-refractivity contribution in [3.05, 3.63) is 29.6 Å². The van der Waals surface area contributed by atoms with Crippen LogP contribution in [0.3, 0.4) is 0 Å². The van der Waals surface area contributed by atoms with E-state index in [0.29, 0.717) is 6.42 Å². The molecule has 0 nitrogen and oxygen atoms in total. The van der Waals surface area contributed by atoms with E-state index in [1.807, 2.05) is 6.08 Å². The van der Waals surface area contributed by atoms with E-state index in [1.165, 1.54) is 23.9 Å². The van der Waals surface area contributed by atoms with Crippen LogP contribution >= 0.6 is 11.8 Å². The Kier molecular flexibility index (Phi) is 2.18. The van der Waals surface area contributed by atoms with Crippen LogP contribution in [-0.4, -0.2) is 11.4 Å². The Morgan fingerprint density at radius 1 is 1.46 bits per heavy atom. The van der Waals surface area contributed by atoms with E-state index in [1.54, 1.807) is 0 Å². The minimum absolute atomic E-state index is 0.0541. The van der Waals surface area contributed by atoms with E-state index < -0.39 is 17.7 Å². The van der Waals surface area contributed by atoms with Crippen molar-refractivity contribution >= 4 is 11.8 Å². The van der Waals surface area contributed by atoms with Crippen LogP contribution < -0.4 is 0 Å². The summed E-state index contributed by atoms with van der Waals surface area (Å²) in [7, 11) is 0. The number of hydrogen-bond acceptors (Lipinski definition) is 1. The monoisotopic (exact) mass is 204 g/mol. The first-order valence-electron chi connectivity index (χ1n) is 3.93. The van der Waals surface area contributed by atoms with Gasteiger partial charge in [-0.1, -0.05) is 18.2 Å². The maximum atomic E-state index is 12.4. The van der Waals surface area contributed by atoms with Gasteiger partial charge in [-0.25, -0.2) is 0 Å². The van der Waals surface area contributed by atoms with Gasteiger partial charge in [-0.15, -0.1) is 11.8 Å². The van der Waals surface area contributed by atoms with E-state index in [2.05, 4.69) is 5.75 Å². The maximum absolute atomic E-state index is 12.4. The fourth-order valence-electron chi connectivity index (χ4n) is 1.59. The number of halogens is 3. The third-order valence-electron chi connectivity index (χ3n) is 2.22. The minimum atomic E-state index is -4.18. The highest BCUT2D eigenvalue weighted by Crippen LogP contribution is 2.47. The van der Waals surface area contributed by atoms with E-state index >= 15 is 0 Å². The van der Waals surface area contributed by atoms with Crippen molar-refractivity contribution in [3.63, 3.8) is 0 Å². The highest BCUT2D eigenvalue weighted by molar-refractivity contribution is 8.02. The van der Waals surface area contributed by atoms with Crippen LogP contribution in [0.2, 0.25) is 0 Å². The predicted octanol–water partition coefficient (Wildman–Crippen LogP) is 3.21. The third kappa shape index (κ3) is 1.64. The van der Waals surface area contributed by atoms with Crippen LogP contribution in [0, 0.1) is 11.7 Å². The van der Waals surface area contributed by atoms with Gasteiger partial charge in [-0.05, 0) is 6.42 Å². The molecule has 2 aliphatic rings. The summed E-state index contributed by atoms with van der Waals surface area (Å²) in [6, 6.07) is 0. The van der Waals surface area contributed by atoms with Crippen LogP contribution in [0.5, 0.6) is 0 Å². The smallest absolute Gasteiger partial charge is 0.166 e. The average Bonchev–Trinajstić information content (AvgIpc) is 2.48. The summed E-state index contributed by atoms with van der Waals surface area (Å²) in [5, 5.41) is -0.0541. The number of hydrogen-bond donors (Lipinski definition) is 0. The molecule has 0 spiro atoms. The molecular formula is C9H7F3S. The minimum Gasteiger partial charge on any atom is -0.166 e. The van der Waals surface area contributed by atoms with Crippen LogP contribution in [0.25, 0.3) is 0 Å². The number of alkyl halides is 3. The molecule has 0 aromatic rings. The SMILES string of the molecule is FC(F)(F)C1=CC=CC2S[C]CC12. The summed E-state index contributed by atoms with van der Waals surface area (Å²) in [4.78, 5) is 0. The summed E-state index contributed by atoms with van der Waals surface area (Å²) in [5.74, 6) is 2.48. The Morgan fingerprint density at radius 2 is 2.23 bits per heavy atom. The van der Waals surface area contributed by atoms with E-state index in [-0.39, 0.29) is 5.25 Å². The second-order valence-corrected chi connectivity index (χ2v) is 4.11. The Hall–Kier alpha value is -0.380. The first-order chi connectivity index (χ1) is 6.09. The third-order valence-corrected chi connectivity index (χ3v) is 3.31. The number of rotatable bonds is 0. The lowest BCUT2D eigenvalue weighted by molar-refractivity contribution is -0.0987. The summed E-state index contributed by atoms with van der Waals surface area (Å²) in [5.41, 5.74) is -0.405. The molecule has 0 aromatic heterocycles. The quantitative estimate of drug-likeness (QED) is 0.584. The lowest BCUT2D eigenvalue weighted by Crippen LogP contribution is -2.25. The molecule has 1 heterocycles. The van der Waals surface area contributed by atoms with Gasteiger partial charge in [-0.2, -0.15) is 13.2 Å². The Balaban J connectivity index is 2.27. The van der Waals surface area contributed by atoms with Gasteiger partial charge in [-0.3, -0.25) is 0 Å². The van der Waals surface area contributed by atoms with Crippen molar-refractivity contribution in [3.8, 4) is 0 Å². The highest BCUT2D eigenvalue weighted by Gasteiger charge is 2.44. The molecule has 0 bridgehead atoms. The maximum Gasteiger partial charge on any atom is 0.413 e. The van der Waals surface area contributed by atoms with Gasteiger partial charge in [0.25, 0.3) is 0 Å². The standard InChI is InChI=1S/C9H7F3S/c10-9(11,12)7-2-1-3-8-6(7)4-5-13-8/h1-3,6,8H,4H2. The molecule has 2 atom stereocenters. The lowest BCUT2D eigenvalue weighted by atomic mass is 9.89. The molecular weight excluding hydrogens is 197 g/mol. The van der Waals surface area contributed by atoms with Crippen molar-refractivity contribution in [1.82, 2.24) is 0 Å². The number of thioether (sulfide) groups is 1. The zero-order valence-electron chi connectivity index (χ0n) is 6.64. The fraction of sp³-hybridized carbons (Fsp3) is 0.444. The van der Waals surface area contributed by atoms with Crippen molar-refractivity contribution in [2.45, 2.75) is 17.8 Å². The van der Waals surface area contributed by atoms with Crippen molar-refractivity contribution in [1.29, 1.82) is 0 Å². The highest BCUT2D eigenvalue weighted by atomic mass is 32.2. The van der Waals surface area contributed by atoms with Gasteiger partial charge in [0, 0.05) is 22.5 Å². The van der Waals surface area contributed by atoms with E-state index in [4.69, 9.17) is 0 Å². The second kappa shape index (κ2) is 3.08. The molecule has 1 saturated heterocycles. The first-order valence-corrected chi connectivity index (χ1v) is 4.81. The fourth-order valence-corrected chi connectivity index (χ4v) is 2.63. The molecule has 0 N–H and O–H groups in total. The van der Waals surface area contributed by atoms with E-state index in [9.17, 15) is 13.2 Å². The summed E-state index contributed by atoms with van der Waals surface area (Å²) in [6.07, 6.45) is 0.703. The Labute approximate surface area is 78.9 Å². The normalized spacial score (nSPS) is 33.0. The van der Waals surface area contributed by atoms with Gasteiger partial charge in [0.2, 0.25) is 0 Å². The van der Waals surface area contributed by atoms with Crippen LogP contribution in [0.1, 0.15) is 6.42 Å². The molecule has 0 aromatic carbocycles. The molecule has 1 fully saturated rings. The van der Waals surface area contributed by atoms with Crippen LogP contribution in [0.4, 0.5) is 13.2 Å². The topological polar surface area (TPSA) is 0 Å². The van der Waals surface area contributed by atoms with E-state index in [0.717, 1.165) is 0 Å². The van der Waals surface area contributed by atoms with Crippen molar-refractivity contribution < 1.29 is 13.2 Å². The largest absolute Gasteiger partial charge is 0.413 e. The zero-order valence-corrected chi connectivity index (χ0v) is 7.45. The predicted molar refractivity (Wildman–Crippen MR) is 46.0 cm³/mol. The molecule has 1 aliphatic carbocycles. The van der Waals surface area contributed by atoms with Crippen LogP contribution in [-0.2, 0) is 0 Å². The molecule has 2 unspecified atom stereocenters. The number of fused-ring (bicyclic) bond motifs is 1. The van der Waals surface area contributed by atoms with Crippen molar-refractivity contribution in [2.24, 2.45) is 5.92 Å². The molecule has 0 amide bonds. The summed E-state index contributed by atoms with van der Waals surface area (Å²) >= 11 is 1.37. The van der Waals surface area contributed by atoms with Gasteiger partial charge >= 0.3 is 6.18 Å². The molecule has 70 valence electrons. The Bertz CT molecular complexity index is 265. The summed E-state index contributed by atoms with van der Waals surface area (Å²) in [6.45, 7) is 0. The lowest BCUT2D eigenvalue weighted by Gasteiger charge is -2.23. The molecule has 2 rings (SSSR count). The van der Waals surface area contributed by atoms with Gasteiger partial charge in [0.05, 0.1) is 0 Å². The zero-order chi connectivity index (χ0) is 9.47. The van der Waals surface area contributed by atoms with Crippen LogP contribution in [0.15, 0.2) is 23.8 Å². The van der Waals surface area contributed by atoms with Gasteiger partial charge in [0.15, 0.2) is 0 Å². The molecule has 1 aliphatic heterocycles. The Morgan fingerprint density at radius 3 is 2.92 bits per heavy atom. The van der Waals surface area contributed by atoms with Crippen molar-refractivity contribution in [2.75, 3.05) is 0 Å². The molecule has 4 heteroatoms. The average molecular weight is 204 g/mol. The van der Waals surface area contributed by atoms with Gasteiger partial charge in [0.1, 0.15) is 0 Å². The molecule has 13 heavy (non-hydrogen) atoms. The number of allylic oxidation sites excluding steroid dienone is 3. The second-order valence-electron chi connectivity index (χ2n) is 3.04. The molecule has 2 radical (unpaired) electrons. The van der Waals surface area contributed by atoms with Gasteiger partial charge < -0.3 is 0 Å². The summed E-state index contributed by atoms with van der Waals surface area (Å²) < 4.78 is 37.3.